The third-order valence-corrected chi connectivity index (χ3v) is 5.43. The molecule has 1 fully saturated rings. The fourth-order valence-electron chi connectivity index (χ4n) is 3.90. The summed E-state index contributed by atoms with van der Waals surface area (Å²) in [6.45, 7) is -0.482. The number of carbonyl (C=O) groups excluding carboxylic acids is 2. The molecule has 2 unspecified atom stereocenters. The number of rotatable bonds is 7. The van der Waals surface area contributed by atoms with Crippen molar-refractivity contribution in [3.8, 4) is 5.88 Å². The number of urea groups is 1. The van der Waals surface area contributed by atoms with E-state index in [0.717, 1.165) is 19.4 Å². The second kappa shape index (κ2) is 13.0. The maximum atomic E-state index is 13.3. The third-order valence-electron chi connectivity index (χ3n) is 5.43. The Labute approximate surface area is 210 Å². The average molecular weight is 528 g/mol. The summed E-state index contributed by atoms with van der Waals surface area (Å²) in [7, 11) is 0. The largest absolute Gasteiger partial charge is 0.475 e. The van der Waals surface area contributed by atoms with Crippen LogP contribution in [-0.2, 0) is 0 Å². The lowest BCUT2D eigenvalue weighted by Crippen LogP contribution is -2.56. The van der Waals surface area contributed by atoms with Crippen LogP contribution >= 0.6 is 0 Å². The van der Waals surface area contributed by atoms with E-state index in [-0.39, 0.29) is 30.2 Å². The number of hydrogen-bond donors (Lipinski definition) is 4. The number of anilines is 3. The van der Waals surface area contributed by atoms with Gasteiger partial charge in [-0.15, -0.1) is 0 Å². The van der Waals surface area contributed by atoms with Gasteiger partial charge in [0.05, 0.1) is 24.5 Å². The van der Waals surface area contributed by atoms with Gasteiger partial charge in [-0.05, 0) is 25.8 Å². The van der Waals surface area contributed by atoms with Gasteiger partial charge >= 0.3 is 12.7 Å². The summed E-state index contributed by atoms with van der Waals surface area (Å²) in [5.74, 6) is 0.449. The molecule has 3 amide bonds. The van der Waals surface area contributed by atoms with E-state index in [4.69, 9.17) is 9.84 Å². The van der Waals surface area contributed by atoms with Crippen molar-refractivity contribution in [2.75, 3.05) is 48.0 Å². The number of hydrogen-bond acceptors (Lipinski definition) is 9. The summed E-state index contributed by atoms with van der Waals surface area (Å²) in [6, 6.07) is 4.32. The first-order valence-corrected chi connectivity index (χ1v) is 11.5. The summed E-state index contributed by atoms with van der Waals surface area (Å²) >= 11 is 0. The molecule has 2 bridgehead atoms. The van der Waals surface area contributed by atoms with Crippen LogP contribution in [0.3, 0.4) is 0 Å². The van der Waals surface area contributed by atoms with Gasteiger partial charge in [-0.2, -0.15) is 18.2 Å². The maximum Gasteiger partial charge on any atom is 0.379 e. The smallest absolute Gasteiger partial charge is 0.379 e. The van der Waals surface area contributed by atoms with Gasteiger partial charge in [0.25, 0.3) is 5.91 Å². The lowest BCUT2D eigenvalue weighted by atomic mass is 10.0. The highest BCUT2D eigenvalue weighted by Crippen LogP contribution is 2.37. The number of aliphatic hydroxyl groups excluding tert-OH is 2. The zero-order valence-electron chi connectivity index (χ0n) is 20.0. The zero-order valence-corrected chi connectivity index (χ0v) is 20.0. The van der Waals surface area contributed by atoms with Crippen LogP contribution in [-0.4, -0.2) is 88.8 Å². The summed E-state index contributed by atoms with van der Waals surface area (Å²) in [5, 5.41) is 23.8. The molecule has 0 saturated carbocycles. The van der Waals surface area contributed by atoms with Gasteiger partial charge < -0.3 is 25.2 Å². The average Bonchev–Trinajstić information content (AvgIpc) is 2.87. The van der Waals surface area contributed by atoms with Crippen molar-refractivity contribution in [1.29, 1.82) is 0 Å². The SMILES string of the molecule is CCNC(=O)c1ncc2c(n1)N(C(=O)Nc1cccc(OCC(O)CO)n1)C1CCCN2C1.FC(F)F. The number of aromatic nitrogens is 3. The highest BCUT2D eigenvalue weighted by atomic mass is 19.4. The van der Waals surface area contributed by atoms with Crippen molar-refractivity contribution < 1.29 is 37.7 Å². The van der Waals surface area contributed by atoms with Crippen LogP contribution in [0.5, 0.6) is 5.88 Å². The normalized spacial score (nSPS) is 16.8. The summed E-state index contributed by atoms with van der Waals surface area (Å²) in [6.07, 6.45) is 2.29. The van der Waals surface area contributed by atoms with E-state index >= 15 is 0 Å². The second-order valence-corrected chi connectivity index (χ2v) is 8.06. The highest BCUT2D eigenvalue weighted by molar-refractivity contribution is 6.04. The number of aliphatic hydroxyl groups is 2. The highest BCUT2D eigenvalue weighted by Gasteiger charge is 2.39. The zero-order chi connectivity index (χ0) is 26.9. The predicted octanol–water partition coefficient (Wildman–Crippen LogP) is 1.55. The monoisotopic (exact) mass is 527 g/mol. The molecule has 2 atom stereocenters. The molecule has 0 spiro atoms. The Hall–Kier alpha value is -3.72. The molecule has 4 N–H and O–H groups in total. The molecular weight excluding hydrogens is 499 g/mol. The third kappa shape index (κ3) is 7.39. The molecule has 0 aliphatic carbocycles. The number of amides is 3. The van der Waals surface area contributed by atoms with Gasteiger partial charge in [-0.1, -0.05) is 6.07 Å². The molecule has 0 aromatic carbocycles. The molecule has 37 heavy (non-hydrogen) atoms. The second-order valence-electron chi connectivity index (χ2n) is 8.06. The van der Waals surface area contributed by atoms with Crippen LogP contribution in [0.15, 0.2) is 24.4 Å². The molecule has 2 aromatic rings. The van der Waals surface area contributed by atoms with E-state index in [1.807, 2.05) is 6.92 Å². The van der Waals surface area contributed by atoms with E-state index in [9.17, 15) is 27.9 Å². The van der Waals surface area contributed by atoms with Crippen LogP contribution in [0.4, 0.5) is 35.3 Å². The van der Waals surface area contributed by atoms with Crippen LogP contribution in [0, 0.1) is 0 Å². The summed E-state index contributed by atoms with van der Waals surface area (Å²) in [4.78, 5) is 42.2. The lowest BCUT2D eigenvalue weighted by Gasteiger charge is -2.45. The van der Waals surface area contributed by atoms with Gasteiger partial charge in [-0.3, -0.25) is 15.0 Å². The molecule has 4 heterocycles. The van der Waals surface area contributed by atoms with Crippen LogP contribution in [0.1, 0.15) is 30.4 Å². The fraction of sp³-hybridized carbons (Fsp3) is 0.500. The minimum absolute atomic E-state index is 0.00513. The molecule has 202 valence electrons. The van der Waals surface area contributed by atoms with Gasteiger partial charge in [0, 0.05) is 25.7 Å². The Morgan fingerprint density at radius 1 is 1.27 bits per heavy atom. The molecule has 2 aliphatic heterocycles. The van der Waals surface area contributed by atoms with Crippen molar-refractivity contribution in [3.63, 3.8) is 0 Å². The van der Waals surface area contributed by atoms with Crippen molar-refractivity contribution in [2.45, 2.75) is 38.6 Å². The first-order chi connectivity index (χ1) is 17.7. The number of nitrogens with zero attached hydrogens (tertiary/aromatic N) is 5. The van der Waals surface area contributed by atoms with Gasteiger partial charge in [0.15, 0.2) is 5.82 Å². The summed E-state index contributed by atoms with van der Waals surface area (Å²) in [5.41, 5.74) is 0.706. The fourth-order valence-corrected chi connectivity index (χ4v) is 3.90. The molecule has 12 nitrogen and oxygen atoms in total. The first kappa shape index (κ1) is 27.9. The molecule has 1 saturated heterocycles. The molecular formula is C22H28F3N7O5. The molecule has 4 rings (SSSR count). The van der Waals surface area contributed by atoms with E-state index in [1.54, 1.807) is 29.3 Å². The Bertz CT molecular complexity index is 1080. The Morgan fingerprint density at radius 3 is 2.73 bits per heavy atom. The van der Waals surface area contributed by atoms with E-state index in [0.29, 0.717) is 24.6 Å². The maximum absolute atomic E-state index is 13.3. The number of carbonyl (C=O) groups is 2. The Balaban J connectivity index is 0.000000886. The predicted molar refractivity (Wildman–Crippen MR) is 127 cm³/mol. The number of ether oxygens (including phenoxy) is 1. The number of pyridine rings is 1. The number of halogens is 3. The van der Waals surface area contributed by atoms with Crippen LogP contribution in [0.25, 0.3) is 0 Å². The minimum Gasteiger partial charge on any atom is -0.475 e. The topological polar surface area (TPSA) is 153 Å². The van der Waals surface area contributed by atoms with Crippen molar-refractivity contribution in [3.05, 3.63) is 30.2 Å². The quantitative estimate of drug-likeness (QED) is 0.420. The lowest BCUT2D eigenvalue weighted by molar-refractivity contribution is 0.00818. The van der Waals surface area contributed by atoms with Gasteiger partial charge in [0.2, 0.25) is 11.7 Å². The standard InChI is InChI=1S/C21H27N7O5.CHF3/c1-2-22-20(31)18-23-9-15-19(26-18)28(13-5-4-8-27(15)10-13)21(32)25-16-6-3-7-17(24-16)33-12-14(30)11-29;2-1(3)4/h3,6-7,9,13-14,29-30H,2,4-5,8,10-12H2,1H3,(H,22,31)(H,24,25,32);1H. The first-order valence-electron chi connectivity index (χ1n) is 11.5. The van der Waals surface area contributed by atoms with Crippen LogP contribution < -0.4 is 25.2 Å². The number of piperidine rings is 1. The van der Waals surface area contributed by atoms with Gasteiger partial charge in [-0.25, -0.2) is 14.8 Å². The number of fused-ring (bicyclic) bond motifs is 4. The number of alkyl halides is 3. The van der Waals surface area contributed by atoms with Crippen LogP contribution in [0.2, 0.25) is 0 Å². The Morgan fingerprint density at radius 2 is 2.03 bits per heavy atom. The van der Waals surface area contributed by atoms with E-state index in [2.05, 4.69) is 30.5 Å². The van der Waals surface area contributed by atoms with Crippen molar-refractivity contribution in [1.82, 2.24) is 20.3 Å². The molecule has 15 heteroatoms. The van der Waals surface area contributed by atoms with E-state index in [1.165, 1.54) is 0 Å². The van der Waals surface area contributed by atoms with Gasteiger partial charge in [0.1, 0.15) is 18.5 Å². The molecule has 2 aliphatic rings. The molecule has 2 aromatic heterocycles. The van der Waals surface area contributed by atoms with Crippen molar-refractivity contribution >= 4 is 29.3 Å². The minimum atomic E-state index is -3.67. The molecule has 0 radical (unpaired) electrons. The van der Waals surface area contributed by atoms with E-state index < -0.39 is 31.3 Å². The summed E-state index contributed by atoms with van der Waals surface area (Å²) < 4.78 is 34.4. The number of nitrogens with one attached hydrogen (secondary N) is 2. The Kier molecular flexibility index (Phi) is 9.79. The van der Waals surface area contributed by atoms with Crippen molar-refractivity contribution in [2.24, 2.45) is 0 Å².